The third kappa shape index (κ3) is 1.70. The molecule has 1 saturated carbocycles. The SMILES string of the molecule is COc1ccc(C23CCC(CC2)N2CCSN=C23)cc1. The van der Waals surface area contributed by atoms with Crippen LogP contribution in [0.15, 0.2) is 28.7 Å². The number of benzene rings is 1. The van der Waals surface area contributed by atoms with Gasteiger partial charge in [0, 0.05) is 18.3 Å². The average molecular weight is 288 g/mol. The van der Waals surface area contributed by atoms with Gasteiger partial charge in [-0.05, 0) is 55.3 Å². The standard InChI is InChI=1S/C16H20N2OS/c1-19-14-4-2-12(3-5-14)16-8-6-13(7-9-16)18-10-11-20-17-15(16)18/h2-5,13H,6-11H2,1H3. The molecule has 0 atom stereocenters. The largest absolute Gasteiger partial charge is 0.497 e. The van der Waals surface area contributed by atoms with Gasteiger partial charge in [0.05, 0.1) is 12.5 Å². The van der Waals surface area contributed by atoms with E-state index in [1.807, 2.05) is 0 Å². The molecule has 3 nitrogen and oxygen atoms in total. The first-order valence-electron chi connectivity index (χ1n) is 7.45. The van der Waals surface area contributed by atoms with E-state index in [1.165, 1.54) is 43.6 Å². The topological polar surface area (TPSA) is 24.8 Å². The Morgan fingerprint density at radius 3 is 2.70 bits per heavy atom. The molecule has 3 fully saturated rings. The van der Waals surface area contributed by atoms with E-state index >= 15 is 0 Å². The number of hydrogen-bond donors (Lipinski definition) is 0. The van der Waals surface area contributed by atoms with Crippen molar-refractivity contribution in [2.45, 2.75) is 37.1 Å². The summed E-state index contributed by atoms with van der Waals surface area (Å²) in [5.41, 5.74) is 1.58. The van der Waals surface area contributed by atoms with Crippen molar-refractivity contribution in [2.75, 3.05) is 19.4 Å². The normalized spacial score (nSPS) is 31.8. The maximum absolute atomic E-state index is 5.29. The first-order chi connectivity index (χ1) is 9.83. The lowest BCUT2D eigenvalue weighted by Gasteiger charge is -2.55. The number of piperidine rings is 2. The van der Waals surface area contributed by atoms with Crippen molar-refractivity contribution in [3.63, 3.8) is 0 Å². The highest BCUT2D eigenvalue weighted by molar-refractivity contribution is 7.98. The highest BCUT2D eigenvalue weighted by atomic mass is 32.2. The van der Waals surface area contributed by atoms with Gasteiger partial charge in [-0.1, -0.05) is 12.1 Å². The van der Waals surface area contributed by atoms with Crippen LogP contribution in [0.25, 0.3) is 0 Å². The Bertz CT molecular complexity index is 532. The molecule has 2 saturated heterocycles. The molecular formula is C16H20N2OS. The zero-order valence-electron chi connectivity index (χ0n) is 11.8. The molecule has 3 aliphatic heterocycles. The number of rotatable bonds is 2. The van der Waals surface area contributed by atoms with E-state index in [4.69, 9.17) is 9.13 Å². The smallest absolute Gasteiger partial charge is 0.123 e. The van der Waals surface area contributed by atoms with Crippen LogP contribution < -0.4 is 4.74 Å². The zero-order valence-corrected chi connectivity index (χ0v) is 12.7. The number of methoxy groups -OCH3 is 1. The van der Waals surface area contributed by atoms with E-state index < -0.39 is 0 Å². The second-order valence-electron chi connectivity index (χ2n) is 5.98. The molecule has 0 amide bonds. The number of amidine groups is 1. The molecule has 0 unspecified atom stereocenters. The molecule has 0 N–H and O–H groups in total. The Labute approximate surface area is 124 Å². The van der Waals surface area contributed by atoms with Crippen LogP contribution >= 0.6 is 11.9 Å². The van der Waals surface area contributed by atoms with Gasteiger partial charge >= 0.3 is 0 Å². The minimum absolute atomic E-state index is 0.161. The van der Waals surface area contributed by atoms with Crippen LogP contribution in [0.1, 0.15) is 31.2 Å². The van der Waals surface area contributed by atoms with Gasteiger partial charge in [-0.15, -0.1) is 0 Å². The molecule has 0 aromatic heterocycles. The highest BCUT2D eigenvalue weighted by Crippen LogP contribution is 2.49. The van der Waals surface area contributed by atoms with Crippen molar-refractivity contribution >= 4 is 17.8 Å². The lowest BCUT2D eigenvalue weighted by Crippen LogP contribution is -2.61. The molecule has 20 heavy (non-hydrogen) atoms. The summed E-state index contributed by atoms with van der Waals surface area (Å²) in [5, 5.41) is 0. The van der Waals surface area contributed by atoms with Crippen LogP contribution in [0.3, 0.4) is 0 Å². The van der Waals surface area contributed by atoms with E-state index in [1.54, 1.807) is 19.1 Å². The summed E-state index contributed by atoms with van der Waals surface area (Å²) < 4.78 is 10.1. The van der Waals surface area contributed by atoms with E-state index in [2.05, 4.69) is 29.2 Å². The van der Waals surface area contributed by atoms with Crippen molar-refractivity contribution in [3.8, 4) is 5.75 Å². The van der Waals surface area contributed by atoms with Gasteiger partial charge in [-0.3, -0.25) is 0 Å². The molecule has 4 aliphatic rings. The minimum Gasteiger partial charge on any atom is -0.497 e. The molecule has 1 aromatic rings. The van der Waals surface area contributed by atoms with Gasteiger partial charge < -0.3 is 9.64 Å². The lowest BCUT2D eigenvalue weighted by atomic mass is 9.63. The van der Waals surface area contributed by atoms with Crippen LogP contribution in [0.5, 0.6) is 5.75 Å². The third-order valence-corrected chi connectivity index (χ3v) is 5.83. The summed E-state index contributed by atoms with van der Waals surface area (Å²) in [5.74, 6) is 3.42. The summed E-state index contributed by atoms with van der Waals surface area (Å²) in [4.78, 5) is 2.59. The fraction of sp³-hybridized carbons (Fsp3) is 0.562. The van der Waals surface area contributed by atoms with E-state index in [0.29, 0.717) is 0 Å². The number of hydrogen-bond acceptors (Lipinski definition) is 4. The zero-order chi connectivity index (χ0) is 13.6. The number of nitrogens with zero attached hydrogens (tertiary/aromatic N) is 2. The first-order valence-corrected chi connectivity index (χ1v) is 8.39. The Balaban J connectivity index is 1.78. The van der Waals surface area contributed by atoms with Gasteiger partial charge in [0.2, 0.25) is 0 Å². The van der Waals surface area contributed by atoms with Gasteiger partial charge in [-0.25, -0.2) is 4.40 Å². The van der Waals surface area contributed by atoms with E-state index in [9.17, 15) is 0 Å². The molecule has 5 rings (SSSR count). The molecular weight excluding hydrogens is 268 g/mol. The summed E-state index contributed by atoms with van der Waals surface area (Å²) in [6, 6.07) is 9.40. The Morgan fingerprint density at radius 1 is 1.25 bits per heavy atom. The van der Waals surface area contributed by atoms with Crippen LogP contribution in [0, 0.1) is 0 Å². The Morgan fingerprint density at radius 2 is 2.00 bits per heavy atom. The van der Waals surface area contributed by atoms with Crippen molar-refractivity contribution in [2.24, 2.45) is 4.40 Å². The first kappa shape index (κ1) is 12.6. The number of fused-ring (bicyclic) bond motifs is 2. The fourth-order valence-corrected chi connectivity index (χ4v) is 4.85. The second-order valence-corrected chi connectivity index (χ2v) is 6.83. The highest BCUT2D eigenvalue weighted by Gasteiger charge is 2.51. The predicted molar refractivity (Wildman–Crippen MR) is 83.5 cm³/mol. The van der Waals surface area contributed by atoms with Crippen LogP contribution in [-0.4, -0.2) is 36.2 Å². The van der Waals surface area contributed by atoms with E-state index in [-0.39, 0.29) is 5.41 Å². The van der Waals surface area contributed by atoms with Crippen molar-refractivity contribution < 1.29 is 4.74 Å². The second kappa shape index (κ2) is 4.69. The average Bonchev–Trinajstić information content (AvgIpc) is 2.56. The molecule has 4 heteroatoms. The van der Waals surface area contributed by atoms with Gasteiger partial charge in [0.25, 0.3) is 0 Å². The summed E-state index contributed by atoms with van der Waals surface area (Å²) in [7, 11) is 1.72. The molecule has 0 radical (unpaired) electrons. The summed E-state index contributed by atoms with van der Waals surface area (Å²) in [6.07, 6.45) is 5.13. The van der Waals surface area contributed by atoms with Gasteiger partial charge in [0.1, 0.15) is 11.6 Å². The summed E-state index contributed by atoms with van der Waals surface area (Å²) >= 11 is 1.74. The molecule has 3 heterocycles. The predicted octanol–water partition coefficient (Wildman–Crippen LogP) is 3.25. The van der Waals surface area contributed by atoms with Gasteiger partial charge in [0.15, 0.2) is 0 Å². The van der Waals surface area contributed by atoms with Crippen LogP contribution in [0.2, 0.25) is 0 Å². The lowest BCUT2D eigenvalue weighted by molar-refractivity contribution is 0.153. The minimum atomic E-state index is 0.161. The Kier molecular flexibility index (Phi) is 2.95. The summed E-state index contributed by atoms with van der Waals surface area (Å²) in [6.45, 7) is 1.17. The fourth-order valence-electron chi connectivity index (χ4n) is 4.08. The molecule has 2 bridgehead atoms. The third-order valence-electron chi connectivity index (χ3n) is 5.17. The van der Waals surface area contributed by atoms with Crippen molar-refractivity contribution in [1.29, 1.82) is 0 Å². The molecule has 1 aromatic carbocycles. The molecule has 0 spiro atoms. The van der Waals surface area contributed by atoms with Crippen molar-refractivity contribution in [1.82, 2.24) is 4.90 Å². The van der Waals surface area contributed by atoms with Crippen LogP contribution in [0.4, 0.5) is 0 Å². The van der Waals surface area contributed by atoms with Crippen LogP contribution in [-0.2, 0) is 5.41 Å². The molecule has 1 aliphatic carbocycles. The Hall–Kier alpha value is -1.16. The molecule has 106 valence electrons. The maximum Gasteiger partial charge on any atom is 0.123 e. The van der Waals surface area contributed by atoms with Crippen molar-refractivity contribution in [3.05, 3.63) is 29.8 Å². The van der Waals surface area contributed by atoms with E-state index in [0.717, 1.165) is 17.5 Å². The van der Waals surface area contributed by atoms with Gasteiger partial charge in [-0.2, -0.15) is 0 Å². The number of ether oxygens (including phenoxy) is 1. The maximum atomic E-state index is 5.29. The monoisotopic (exact) mass is 288 g/mol. The quantitative estimate of drug-likeness (QED) is 0.781.